The number of carbonyl (C=O) groups is 3. The molecule has 3 amide bonds. The van der Waals surface area contributed by atoms with E-state index in [0.29, 0.717) is 5.69 Å². The molecular weight excluding hydrogens is 370 g/mol. The minimum atomic E-state index is -3.56. The summed E-state index contributed by atoms with van der Waals surface area (Å²) >= 11 is 0. The monoisotopic (exact) mass is 387 g/mol. The lowest BCUT2D eigenvalue weighted by molar-refractivity contribution is -0.116. The maximum absolute atomic E-state index is 12.3. The Morgan fingerprint density at radius 2 is 1.48 bits per heavy atom. The van der Waals surface area contributed by atoms with E-state index in [1.54, 1.807) is 12.1 Å². The van der Waals surface area contributed by atoms with Crippen molar-refractivity contribution in [2.45, 2.75) is 4.90 Å². The topological polar surface area (TPSA) is 104 Å². The fraction of sp³-hybridized carbons (Fsp3) is 0.167. The zero-order chi connectivity index (χ0) is 19.8. The molecule has 27 heavy (non-hydrogen) atoms. The van der Waals surface area contributed by atoms with E-state index < -0.39 is 34.3 Å². The van der Waals surface area contributed by atoms with E-state index >= 15 is 0 Å². The third-order valence-electron chi connectivity index (χ3n) is 4.10. The summed E-state index contributed by atoms with van der Waals surface area (Å²) in [7, 11) is -0.715. The Hall–Kier alpha value is -3.04. The Morgan fingerprint density at radius 3 is 1.96 bits per heavy atom. The molecular formula is C18H17N3O5S. The molecule has 0 aromatic heterocycles. The van der Waals surface area contributed by atoms with Gasteiger partial charge in [0.05, 0.1) is 16.0 Å². The van der Waals surface area contributed by atoms with Crippen molar-refractivity contribution < 1.29 is 22.8 Å². The van der Waals surface area contributed by atoms with Gasteiger partial charge in [-0.3, -0.25) is 19.3 Å². The van der Waals surface area contributed by atoms with Crippen LogP contribution in [0.2, 0.25) is 0 Å². The minimum absolute atomic E-state index is 0.0887. The third kappa shape index (κ3) is 3.46. The number of fused-ring (bicyclic) bond motifs is 1. The Labute approximate surface area is 156 Å². The first-order valence-corrected chi connectivity index (χ1v) is 9.43. The number of hydrogen-bond acceptors (Lipinski definition) is 5. The van der Waals surface area contributed by atoms with Crippen molar-refractivity contribution in [2.75, 3.05) is 26.0 Å². The van der Waals surface area contributed by atoms with Gasteiger partial charge in [-0.05, 0) is 36.4 Å². The molecule has 0 spiro atoms. The highest BCUT2D eigenvalue weighted by Gasteiger charge is 2.36. The van der Waals surface area contributed by atoms with Crippen molar-refractivity contribution in [2.24, 2.45) is 0 Å². The Balaban J connectivity index is 1.69. The van der Waals surface area contributed by atoms with Crippen LogP contribution in [0.4, 0.5) is 5.69 Å². The summed E-state index contributed by atoms with van der Waals surface area (Å²) < 4.78 is 25.2. The van der Waals surface area contributed by atoms with Gasteiger partial charge in [-0.15, -0.1) is 0 Å². The number of amides is 3. The standard InChI is InChI=1S/C18H17N3O5S/c1-20(2)27(25,26)13-9-7-12(8-10-13)19-16(22)11-21-17(23)14-5-3-4-6-15(14)18(21)24/h3-10H,11H2,1-2H3,(H,19,22). The maximum Gasteiger partial charge on any atom is 0.262 e. The summed E-state index contributed by atoms with van der Waals surface area (Å²) in [5.41, 5.74) is 0.899. The van der Waals surface area contributed by atoms with Crippen LogP contribution in [-0.2, 0) is 14.8 Å². The van der Waals surface area contributed by atoms with Gasteiger partial charge in [0.2, 0.25) is 15.9 Å². The molecule has 9 heteroatoms. The number of anilines is 1. The molecule has 0 fully saturated rings. The number of carbonyl (C=O) groups excluding carboxylic acids is 3. The lowest BCUT2D eigenvalue weighted by Gasteiger charge is -2.14. The molecule has 1 aliphatic rings. The van der Waals surface area contributed by atoms with Crippen LogP contribution in [0.15, 0.2) is 53.4 Å². The van der Waals surface area contributed by atoms with Crippen LogP contribution in [0.5, 0.6) is 0 Å². The Bertz CT molecular complexity index is 994. The molecule has 1 N–H and O–H groups in total. The van der Waals surface area contributed by atoms with Gasteiger partial charge in [0, 0.05) is 19.8 Å². The van der Waals surface area contributed by atoms with Crippen molar-refractivity contribution in [3.05, 3.63) is 59.7 Å². The second-order valence-corrected chi connectivity index (χ2v) is 8.25. The zero-order valence-electron chi connectivity index (χ0n) is 14.7. The predicted molar refractivity (Wildman–Crippen MR) is 97.8 cm³/mol. The first kappa shape index (κ1) is 18.7. The van der Waals surface area contributed by atoms with Crippen molar-refractivity contribution in [1.29, 1.82) is 0 Å². The highest BCUT2D eigenvalue weighted by atomic mass is 32.2. The van der Waals surface area contributed by atoms with Crippen molar-refractivity contribution in [3.63, 3.8) is 0 Å². The molecule has 2 aromatic rings. The number of hydrogen-bond donors (Lipinski definition) is 1. The summed E-state index contributed by atoms with van der Waals surface area (Å²) in [6, 6.07) is 12.0. The van der Waals surface area contributed by atoms with Crippen LogP contribution in [0.1, 0.15) is 20.7 Å². The molecule has 0 aliphatic carbocycles. The van der Waals surface area contributed by atoms with E-state index in [2.05, 4.69) is 5.32 Å². The third-order valence-corrected chi connectivity index (χ3v) is 5.93. The first-order valence-electron chi connectivity index (χ1n) is 7.99. The molecule has 2 aromatic carbocycles. The van der Waals surface area contributed by atoms with E-state index in [1.807, 2.05) is 0 Å². The van der Waals surface area contributed by atoms with Gasteiger partial charge in [-0.2, -0.15) is 0 Å². The van der Waals surface area contributed by atoms with Crippen molar-refractivity contribution >= 4 is 33.4 Å². The quantitative estimate of drug-likeness (QED) is 0.776. The van der Waals surface area contributed by atoms with Crippen LogP contribution in [0.25, 0.3) is 0 Å². The number of rotatable bonds is 5. The lowest BCUT2D eigenvalue weighted by Crippen LogP contribution is -2.37. The fourth-order valence-electron chi connectivity index (χ4n) is 2.65. The van der Waals surface area contributed by atoms with E-state index in [4.69, 9.17) is 0 Å². The first-order chi connectivity index (χ1) is 12.7. The molecule has 1 aliphatic heterocycles. The second-order valence-electron chi connectivity index (χ2n) is 6.10. The van der Waals surface area contributed by atoms with Crippen LogP contribution in [0.3, 0.4) is 0 Å². The van der Waals surface area contributed by atoms with E-state index in [-0.39, 0.29) is 16.0 Å². The molecule has 0 radical (unpaired) electrons. The average molecular weight is 387 g/mol. The highest BCUT2D eigenvalue weighted by Crippen LogP contribution is 2.22. The molecule has 0 bridgehead atoms. The largest absolute Gasteiger partial charge is 0.325 e. The number of benzene rings is 2. The van der Waals surface area contributed by atoms with Gasteiger partial charge in [-0.1, -0.05) is 12.1 Å². The Morgan fingerprint density at radius 1 is 0.963 bits per heavy atom. The molecule has 0 saturated carbocycles. The van der Waals surface area contributed by atoms with Gasteiger partial charge in [0.1, 0.15) is 6.54 Å². The van der Waals surface area contributed by atoms with Gasteiger partial charge >= 0.3 is 0 Å². The molecule has 0 unspecified atom stereocenters. The summed E-state index contributed by atoms with van der Waals surface area (Å²) in [5.74, 6) is -1.59. The summed E-state index contributed by atoms with van der Waals surface area (Å²) in [5, 5.41) is 2.55. The molecule has 3 rings (SSSR count). The fourth-order valence-corrected chi connectivity index (χ4v) is 3.55. The summed E-state index contributed by atoms with van der Waals surface area (Å²) in [4.78, 5) is 37.7. The maximum atomic E-state index is 12.3. The molecule has 0 atom stereocenters. The van der Waals surface area contributed by atoms with Crippen LogP contribution in [0, 0.1) is 0 Å². The number of nitrogens with one attached hydrogen (secondary N) is 1. The summed E-state index contributed by atoms with van der Waals surface area (Å²) in [6.07, 6.45) is 0. The van der Waals surface area contributed by atoms with Gasteiger partial charge < -0.3 is 5.32 Å². The summed E-state index contributed by atoms with van der Waals surface area (Å²) in [6.45, 7) is -0.426. The normalized spacial score (nSPS) is 13.8. The molecule has 140 valence electrons. The van der Waals surface area contributed by atoms with Crippen molar-refractivity contribution in [3.8, 4) is 0 Å². The van der Waals surface area contributed by atoms with Crippen LogP contribution < -0.4 is 5.32 Å². The predicted octanol–water partition coefficient (Wildman–Crippen LogP) is 1.17. The highest BCUT2D eigenvalue weighted by molar-refractivity contribution is 7.89. The van der Waals surface area contributed by atoms with E-state index in [1.165, 1.54) is 50.5 Å². The van der Waals surface area contributed by atoms with Crippen LogP contribution in [-0.4, -0.2) is 56.0 Å². The van der Waals surface area contributed by atoms with Gasteiger partial charge in [0.15, 0.2) is 0 Å². The van der Waals surface area contributed by atoms with Gasteiger partial charge in [-0.25, -0.2) is 12.7 Å². The molecule has 0 saturated heterocycles. The number of imide groups is 1. The van der Waals surface area contributed by atoms with Crippen molar-refractivity contribution in [1.82, 2.24) is 9.21 Å². The number of nitrogens with zero attached hydrogens (tertiary/aromatic N) is 2. The molecule has 8 nitrogen and oxygen atoms in total. The zero-order valence-corrected chi connectivity index (χ0v) is 15.5. The molecule has 1 heterocycles. The minimum Gasteiger partial charge on any atom is -0.325 e. The average Bonchev–Trinajstić information content (AvgIpc) is 2.87. The van der Waals surface area contributed by atoms with E-state index in [0.717, 1.165) is 9.21 Å². The SMILES string of the molecule is CN(C)S(=O)(=O)c1ccc(NC(=O)CN2C(=O)c3ccccc3C2=O)cc1. The Kier molecular flexibility index (Phi) is 4.81. The van der Waals surface area contributed by atoms with Crippen LogP contribution >= 0.6 is 0 Å². The second kappa shape index (κ2) is 6.93. The lowest BCUT2D eigenvalue weighted by atomic mass is 10.1. The number of sulfonamides is 1. The van der Waals surface area contributed by atoms with E-state index in [9.17, 15) is 22.8 Å². The van der Waals surface area contributed by atoms with Gasteiger partial charge in [0.25, 0.3) is 11.8 Å². The smallest absolute Gasteiger partial charge is 0.262 e.